The van der Waals surface area contributed by atoms with E-state index in [1.54, 1.807) is 0 Å². The predicted octanol–water partition coefficient (Wildman–Crippen LogP) is 2.09. The van der Waals surface area contributed by atoms with Gasteiger partial charge in [-0.25, -0.2) is 5.84 Å². The summed E-state index contributed by atoms with van der Waals surface area (Å²) in [6.45, 7) is 4.51. The van der Waals surface area contributed by atoms with Crippen LogP contribution in [0.25, 0.3) is 0 Å². The number of anilines is 1. The highest BCUT2D eigenvalue weighted by Crippen LogP contribution is 2.26. The van der Waals surface area contributed by atoms with Crippen LogP contribution >= 0.6 is 0 Å². The van der Waals surface area contributed by atoms with Crippen molar-refractivity contribution in [3.8, 4) is 5.88 Å². The summed E-state index contributed by atoms with van der Waals surface area (Å²) in [5.41, 5.74) is 2.18. The lowest BCUT2D eigenvalue weighted by Gasteiger charge is -2.12. The first-order valence-electron chi connectivity index (χ1n) is 5.83. The third-order valence-electron chi connectivity index (χ3n) is 2.47. The zero-order chi connectivity index (χ0) is 13.5. The molecule has 3 N–H and O–H groups in total. The van der Waals surface area contributed by atoms with E-state index in [2.05, 4.69) is 17.3 Å². The van der Waals surface area contributed by atoms with Gasteiger partial charge in [0.25, 0.3) is 5.88 Å². The summed E-state index contributed by atoms with van der Waals surface area (Å²) in [4.78, 5) is 14.2. The SMILES string of the molecule is CCCC(C)COc1nc(NN)ccc1[N+](=O)[O-]. The molecule has 7 nitrogen and oxygen atoms in total. The monoisotopic (exact) mass is 254 g/mol. The number of nitrogen functional groups attached to an aromatic ring is 1. The van der Waals surface area contributed by atoms with Crippen LogP contribution in [0, 0.1) is 16.0 Å². The lowest BCUT2D eigenvalue weighted by atomic mass is 10.1. The molecule has 0 amide bonds. The smallest absolute Gasteiger partial charge is 0.331 e. The summed E-state index contributed by atoms with van der Waals surface area (Å²) >= 11 is 0. The number of nitrogens with zero attached hydrogens (tertiary/aromatic N) is 2. The van der Waals surface area contributed by atoms with Crippen molar-refractivity contribution in [3.63, 3.8) is 0 Å². The van der Waals surface area contributed by atoms with E-state index in [9.17, 15) is 10.1 Å². The Kier molecular flexibility index (Phi) is 5.31. The van der Waals surface area contributed by atoms with Gasteiger partial charge in [-0.3, -0.25) is 10.1 Å². The Morgan fingerprint density at radius 1 is 1.61 bits per heavy atom. The first kappa shape index (κ1) is 14.2. The van der Waals surface area contributed by atoms with Gasteiger partial charge < -0.3 is 10.2 Å². The molecule has 0 aromatic carbocycles. The van der Waals surface area contributed by atoms with E-state index < -0.39 is 4.92 Å². The molecule has 1 atom stereocenters. The zero-order valence-electron chi connectivity index (χ0n) is 10.5. The van der Waals surface area contributed by atoms with Crippen molar-refractivity contribution in [1.29, 1.82) is 0 Å². The summed E-state index contributed by atoms with van der Waals surface area (Å²) in [7, 11) is 0. The van der Waals surface area contributed by atoms with E-state index in [-0.39, 0.29) is 11.6 Å². The Morgan fingerprint density at radius 3 is 2.89 bits per heavy atom. The van der Waals surface area contributed by atoms with Gasteiger partial charge in [0.1, 0.15) is 5.82 Å². The van der Waals surface area contributed by atoms with Crippen LogP contribution in [0.4, 0.5) is 11.5 Å². The number of nitrogens with one attached hydrogen (secondary N) is 1. The molecule has 100 valence electrons. The number of hydrogen-bond acceptors (Lipinski definition) is 6. The van der Waals surface area contributed by atoms with Crippen molar-refractivity contribution in [1.82, 2.24) is 4.98 Å². The van der Waals surface area contributed by atoms with E-state index in [0.29, 0.717) is 18.3 Å². The van der Waals surface area contributed by atoms with Gasteiger partial charge in [-0.2, -0.15) is 4.98 Å². The molecule has 0 fully saturated rings. The maximum absolute atomic E-state index is 10.8. The number of hydrogen-bond donors (Lipinski definition) is 2. The molecule has 1 rings (SSSR count). The Bertz CT molecular complexity index is 411. The number of rotatable bonds is 7. The van der Waals surface area contributed by atoms with Crippen LogP contribution in [0.15, 0.2) is 12.1 Å². The normalized spacial score (nSPS) is 11.9. The lowest BCUT2D eigenvalue weighted by molar-refractivity contribution is -0.386. The largest absolute Gasteiger partial charge is 0.472 e. The van der Waals surface area contributed by atoms with Crippen molar-refractivity contribution in [2.75, 3.05) is 12.0 Å². The second kappa shape index (κ2) is 6.75. The van der Waals surface area contributed by atoms with Crippen LogP contribution in [-0.4, -0.2) is 16.5 Å². The minimum Gasteiger partial charge on any atom is -0.472 e. The first-order chi connectivity index (χ1) is 8.58. The van der Waals surface area contributed by atoms with Crippen molar-refractivity contribution in [2.45, 2.75) is 26.7 Å². The van der Waals surface area contributed by atoms with Gasteiger partial charge in [0.2, 0.25) is 0 Å². The van der Waals surface area contributed by atoms with E-state index >= 15 is 0 Å². The van der Waals surface area contributed by atoms with Crippen LogP contribution in [-0.2, 0) is 0 Å². The molecule has 0 saturated heterocycles. The fourth-order valence-corrected chi connectivity index (χ4v) is 1.56. The van der Waals surface area contributed by atoms with Gasteiger partial charge in [-0.1, -0.05) is 20.3 Å². The van der Waals surface area contributed by atoms with Gasteiger partial charge in [-0.05, 0) is 18.4 Å². The number of pyridine rings is 1. The summed E-state index contributed by atoms with van der Waals surface area (Å²) in [6.07, 6.45) is 2.05. The van der Waals surface area contributed by atoms with Crippen LogP contribution < -0.4 is 16.0 Å². The van der Waals surface area contributed by atoms with Crippen molar-refractivity contribution < 1.29 is 9.66 Å². The number of hydrazine groups is 1. The molecule has 1 aromatic rings. The molecule has 0 aliphatic rings. The average molecular weight is 254 g/mol. The predicted molar refractivity (Wildman–Crippen MR) is 68.3 cm³/mol. The molecule has 1 aromatic heterocycles. The second-order valence-electron chi connectivity index (χ2n) is 4.13. The molecule has 18 heavy (non-hydrogen) atoms. The first-order valence-corrected chi connectivity index (χ1v) is 5.83. The molecule has 0 spiro atoms. The molecule has 7 heteroatoms. The molecule has 1 heterocycles. The molecule has 0 aliphatic heterocycles. The van der Waals surface area contributed by atoms with Gasteiger partial charge in [0, 0.05) is 6.07 Å². The van der Waals surface area contributed by atoms with Gasteiger partial charge in [0.15, 0.2) is 0 Å². The number of aromatic nitrogens is 1. The Hall–Kier alpha value is -1.89. The highest BCUT2D eigenvalue weighted by Gasteiger charge is 2.18. The van der Waals surface area contributed by atoms with Gasteiger partial charge in [-0.15, -0.1) is 0 Å². The average Bonchev–Trinajstić information content (AvgIpc) is 2.36. The summed E-state index contributed by atoms with van der Waals surface area (Å²) in [5, 5.41) is 10.8. The lowest BCUT2D eigenvalue weighted by Crippen LogP contribution is -2.13. The maximum Gasteiger partial charge on any atom is 0.331 e. The van der Waals surface area contributed by atoms with Crippen molar-refractivity contribution in [3.05, 3.63) is 22.2 Å². The van der Waals surface area contributed by atoms with Crippen LogP contribution in [0.5, 0.6) is 5.88 Å². The molecule has 1 unspecified atom stereocenters. The third-order valence-corrected chi connectivity index (χ3v) is 2.47. The Balaban J connectivity index is 2.80. The maximum atomic E-state index is 10.8. The van der Waals surface area contributed by atoms with E-state index in [0.717, 1.165) is 12.8 Å². The molecule has 0 bridgehead atoms. The van der Waals surface area contributed by atoms with E-state index in [1.165, 1.54) is 12.1 Å². The Labute approximate surface area is 105 Å². The minimum absolute atomic E-state index is 0.00148. The standard InChI is InChI=1S/C11H18N4O3/c1-3-4-8(2)7-18-11-9(15(16)17)5-6-10(13-11)14-12/h5-6,8H,3-4,7,12H2,1-2H3,(H,13,14). The van der Waals surface area contributed by atoms with Crippen molar-refractivity contribution >= 4 is 11.5 Å². The molecule has 0 radical (unpaired) electrons. The minimum atomic E-state index is -0.521. The molecule has 0 saturated carbocycles. The fourth-order valence-electron chi connectivity index (χ4n) is 1.56. The van der Waals surface area contributed by atoms with E-state index in [4.69, 9.17) is 10.6 Å². The van der Waals surface area contributed by atoms with E-state index in [1.807, 2.05) is 6.92 Å². The summed E-state index contributed by atoms with van der Waals surface area (Å²) in [6, 6.07) is 2.75. The van der Waals surface area contributed by atoms with Crippen molar-refractivity contribution in [2.24, 2.45) is 11.8 Å². The summed E-state index contributed by atoms with van der Waals surface area (Å²) < 4.78 is 5.41. The van der Waals surface area contributed by atoms with Gasteiger partial charge in [0.05, 0.1) is 11.5 Å². The molecule has 0 aliphatic carbocycles. The number of nitrogens with two attached hydrogens (primary N) is 1. The molecular weight excluding hydrogens is 236 g/mol. The second-order valence-corrected chi connectivity index (χ2v) is 4.13. The third kappa shape index (κ3) is 3.85. The fraction of sp³-hybridized carbons (Fsp3) is 0.545. The molecular formula is C11H18N4O3. The quantitative estimate of drug-likeness (QED) is 0.438. The zero-order valence-corrected chi connectivity index (χ0v) is 10.5. The topological polar surface area (TPSA) is 103 Å². The Morgan fingerprint density at radius 2 is 2.33 bits per heavy atom. The van der Waals surface area contributed by atoms with Crippen LogP contribution in [0.1, 0.15) is 26.7 Å². The van der Waals surface area contributed by atoms with Crippen LogP contribution in [0.2, 0.25) is 0 Å². The highest BCUT2D eigenvalue weighted by molar-refractivity contribution is 5.48. The number of nitro groups is 1. The summed E-state index contributed by atoms with van der Waals surface area (Å²) in [5.74, 6) is 5.87. The van der Waals surface area contributed by atoms with Crippen LogP contribution in [0.3, 0.4) is 0 Å². The highest BCUT2D eigenvalue weighted by atomic mass is 16.6. The van der Waals surface area contributed by atoms with Gasteiger partial charge >= 0.3 is 5.69 Å². The number of ether oxygens (including phenoxy) is 1.